The highest BCUT2D eigenvalue weighted by atomic mass is 16.5. The fourth-order valence-corrected chi connectivity index (χ4v) is 3.58. The monoisotopic (exact) mass is 292 g/mol. The summed E-state index contributed by atoms with van der Waals surface area (Å²) in [4.78, 5) is 14.2. The summed E-state index contributed by atoms with van der Waals surface area (Å²) < 4.78 is 10.7. The maximum Gasteiger partial charge on any atom is 0.222 e. The topological polar surface area (TPSA) is 55.6 Å². The molecule has 1 aromatic rings. The molecule has 0 unspecified atom stereocenters. The molecule has 5 nitrogen and oxygen atoms in total. The van der Waals surface area contributed by atoms with Gasteiger partial charge >= 0.3 is 0 Å². The van der Waals surface area contributed by atoms with Crippen molar-refractivity contribution in [3.05, 3.63) is 17.0 Å². The molecular formula is C16H24N2O3. The van der Waals surface area contributed by atoms with Crippen LogP contribution in [-0.2, 0) is 16.0 Å². The number of hydrogen-bond acceptors (Lipinski definition) is 4. The normalized spacial score (nSPS) is 26.0. The lowest BCUT2D eigenvalue weighted by Gasteiger charge is -2.39. The van der Waals surface area contributed by atoms with Crippen LogP contribution in [0.2, 0.25) is 0 Å². The van der Waals surface area contributed by atoms with Crippen molar-refractivity contribution >= 4 is 5.91 Å². The van der Waals surface area contributed by atoms with E-state index in [1.807, 2.05) is 18.7 Å². The standard InChI is InChI=1S/C16H24N2O3/c1-12-14(13(2)21-17-12)4-3-8-18-10-16(6-5-15(18)19)7-9-20-11-16/h3-11H2,1-2H3/t16-/m1/s1. The smallest absolute Gasteiger partial charge is 0.222 e. The number of rotatable bonds is 4. The molecule has 1 amide bonds. The number of ether oxygens (including phenoxy) is 1. The molecule has 2 saturated heterocycles. The first-order valence-electron chi connectivity index (χ1n) is 7.87. The minimum atomic E-state index is 0.233. The van der Waals surface area contributed by atoms with E-state index in [1.54, 1.807) is 0 Å². The van der Waals surface area contributed by atoms with Crippen LogP contribution < -0.4 is 0 Å². The van der Waals surface area contributed by atoms with E-state index in [1.165, 1.54) is 5.56 Å². The Kier molecular flexibility index (Phi) is 4.02. The Hall–Kier alpha value is -1.36. The van der Waals surface area contributed by atoms with E-state index in [4.69, 9.17) is 9.26 Å². The van der Waals surface area contributed by atoms with E-state index in [-0.39, 0.29) is 5.41 Å². The van der Waals surface area contributed by atoms with Crippen LogP contribution in [0.25, 0.3) is 0 Å². The fraction of sp³-hybridized carbons (Fsp3) is 0.750. The van der Waals surface area contributed by atoms with Gasteiger partial charge in [0.25, 0.3) is 0 Å². The molecular weight excluding hydrogens is 268 g/mol. The van der Waals surface area contributed by atoms with Crippen molar-refractivity contribution in [2.45, 2.75) is 46.0 Å². The molecule has 3 rings (SSSR count). The van der Waals surface area contributed by atoms with Crippen LogP contribution in [0.15, 0.2) is 4.52 Å². The second kappa shape index (κ2) is 5.79. The van der Waals surface area contributed by atoms with E-state index >= 15 is 0 Å². The minimum Gasteiger partial charge on any atom is -0.381 e. The highest BCUT2D eigenvalue weighted by Crippen LogP contribution is 2.38. The molecule has 0 bridgehead atoms. The highest BCUT2D eigenvalue weighted by molar-refractivity contribution is 5.77. The third-order valence-electron chi connectivity index (χ3n) is 4.97. The van der Waals surface area contributed by atoms with Crippen molar-refractivity contribution in [1.29, 1.82) is 0 Å². The predicted octanol–water partition coefficient (Wildman–Crippen LogP) is 2.25. The Bertz CT molecular complexity index is 498. The third kappa shape index (κ3) is 2.98. The molecule has 1 aromatic heterocycles. The van der Waals surface area contributed by atoms with Gasteiger partial charge in [0.2, 0.25) is 5.91 Å². The van der Waals surface area contributed by atoms with E-state index in [0.29, 0.717) is 12.3 Å². The Morgan fingerprint density at radius 2 is 2.19 bits per heavy atom. The summed E-state index contributed by atoms with van der Waals surface area (Å²) in [6.07, 6.45) is 4.65. The first-order valence-corrected chi connectivity index (χ1v) is 7.87. The molecule has 1 spiro atoms. The van der Waals surface area contributed by atoms with E-state index in [9.17, 15) is 4.79 Å². The third-order valence-corrected chi connectivity index (χ3v) is 4.97. The molecule has 5 heteroatoms. The lowest BCUT2D eigenvalue weighted by Crippen LogP contribution is -2.47. The molecule has 2 aliphatic heterocycles. The zero-order valence-corrected chi connectivity index (χ0v) is 13.0. The molecule has 3 heterocycles. The Morgan fingerprint density at radius 3 is 2.86 bits per heavy atom. The average molecular weight is 292 g/mol. The molecule has 2 fully saturated rings. The van der Waals surface area contributed by atoms with Crippen molar-refractivity contribution in [3.8, 4) is 0 Å². The van der Waals surface area contributed by atoms with E-state index in [2.05, 4.69) is 5.16 Å². The van der Waals surface area contributed by atoms with Crippen LogP contribution >= 0.6 is 0 Å². The van der Waals surface area contributed by atoms with Crippen molar-refractivity contribution in [1.82, 2.24) is 10.1 Å². The summed E-state index contributed by atoms with van der Waals surface area (Å²) in [5, 5.41) is 3.98. The predicted molar refractivity (Wildman–Crippen MR) is 78.0 cm³/mol. The molecule has 0 saturated carbocycles. The van der Waals surface area contributed by atoms with Gasteiger partial charge in [-0.2, -0.15) is 0 Å². The van der Waals surface area contributed by atoms with E-state index < -0.39 is 0 Å². The van der Waals surface area contributed by atoms with Gasteiger partial charge in [0.1, 0.15) is 5.76 Å². The number of likely N-dealkylation sites (tertiary alicyclic amines) is 1. The zero-order chi connectivity index (χ0) is 14.9. The van der Waals surface area contributed by atoms with Gasteiger partial charge < -0.3 is 14.2 Å². The molecule has 0 N–H and O–H groups in total. The van der Waals surface area contributed by atoms with Gasteiger partial charge in [-0.15, -0.1) is 0 Å². The largest absolute Gasteiger partial charge is 0.381 e. The second-order valence-corrected chi connectivity index (χ2v) is 6.52. The van der Waals surface area contributed by atoms with Gasteiger partial charge in [-0.05, 0) is 39.5 Å². The number of aromatic nitrogens is 1. The Balaban J connectivity index is 1.55. The second-order valence-electron chi connectivity index (χ2n) is 6.52. The summed E-state index contributed by atoms with van der Waals surface area (Å²) in [5.41, 5.74) is 2.40. The maximum absolute atomic E-state index is 12.1. The maximum atomic E-state index is 12.1. The molecule has 1 atom stereocenters. The van der Waals surface area contributed by atoms with Gasteiger partial charge in [0, 0.05) is 37.1 Å². The number of piperidine rings is 1. The molecule has 2 aliphatic rings. The first-order chi connectivity index (χ1) is 10.1. The van der Waals surface area contributed by atoms with Crippen LogP contribution in [0.3, 0.4) is 0 Å². The first kappa shape index (κ1) is 14.6. The number of aryl methyl sites for hydroxylation is 2. The van der Waals surface area contributed by atoms with Crippen molar-refractivity contribution in [3.63, 3.8) is 0 Å². The zero-order valence-electron chi connectivity index (χ0n) is 13.0. The molecule has 0 radical (unpaired) electrons. The number of nitrogens with zero attached hydrogens (tertiary/aromatic N) is 2. The van der Waals surface area contributed by atoms with Gasteiger partial charge in [-0.3, -0.25) is 4.79 Å². The molecule has 21 heavy (non-hydrogen) atoms. The summed E-state index contributed by atoms with van der Waals surface area (Å²) in [7, 11) is 0. The molecule has 0 aromatic carbocycles. The molecule has 0 aliphatic carbocycles. The van der Waals surface area contributed by atoms with Crippen molar-refractivity contribution < 1.29 is 14.1 Å². The lowest BCUT2D eigenvalue weighted by atomic mass is 9.79. The summed E-state index contributed by atoms with van der Waals surface area (Å²) in [5.74, 6) is 1.20. The number of carbonyl (C=O) groups excluding carboxylic acids is 1. The SMILES string of the molecule is Cc1noc(C)c1CCCN1C[C@]2(CCOC2)CCC1=O. The van der Waals surface area contributed by atoms with Crippen LogP contribution in [0.5, 0.6) is 0 Å². The minimum absolute atomic E-state index is 0.233. The molecule has 116 valence electrons. The number of hydrogen-bond donors (Lipinski definition) is 0. The number of carbonyl (C=O) groups is 1. The van der Waals surface area contributed by atoms with Crippen molar-refractivity contribution in [2.24, 2.45) is 5.41 Å². The van der Waals surface area contributed by atoms with Gasteiger partial charge in [0.05, 0.1) is 12.3 Å². The Labute approximate surface area is 125 Å². The quantitative estimate of drug-likeness (QED) is 0.854. The summed E-state index contributed by atoms with van der Waals surface area (Å²) in [6.45, 7) is 7.29. The van der Waals surface area contributed by atoms with Crippen LogP contribution in [-0.4, -0.2) is 42.3 Å². The van der Waals surface area contributed by atoms with Gasteiger partial charge in [-0.25, -0.2) is 0 Å². The highest BCUT2D eigenvalue weighted by Gasteiger charge is 2.41. The average Bonchev–Trinajstić information content (AvgIpc) is 3.04. The number of amides is 1. The van der Waals surface area contributed by atoms with Crippen LogP contribution in [0.4, 0.5) is 0 Å². The van der Waals surface area contributed by atoms with Gasteiger partial charge in [0.15, 0.2) is 0 Å². The summed E-state index contributed by atoms with van der Waals surface area (Å²) in [6, 6.07) is 0. The summed E-state index contributed by atoms with van der Waals surface area (Å²) >= 11 is 0. The van der Waals surface area contributed by atoms with Crippen LogP contribution in [0.1, 0.15) is 42.7 Å². The van der Waals surface area contributed by atoms with E-state index in [0.717, 1.165) is 63.4 Å². The van der Waals surface area contributed by atoms with Crippen LogP contribution in [0, 0.1) is 19.3 Å². The fourth-order valence-electron chi connectivity index (χ4n) is 3.58. The van der Waals surface area contributed by atoms with Gasteiger partial charge in [-0.1, -0.05) is 5.16 Å². The van der Waals surface area contributed by atoms with Crippen molar-refractivity contribution in [2.75, 3.05) is 26.3 Å². The lowest BCUT2D eigenvalue weighted by molar-refractivity contribution is -0.137. The Morgan fingerprint density at radius 1 is 1.33 bits per heavy atom.